The second-order valence-electron chi connectivity index (χ2n) is 3.89. The maximum atomic E-state index is 13.3. The summed E-state index contributed by atoms with van der Waals surface area (Å²) < 4.78 is 13.4. The largest absolute Gasteiger partial charge is 0.478 e. The first-order valence-electron chi connectivity index (χ1n) is 5.07. The van der Waals surface area contributed by atoms with Crippen LogP contribution >= 0.6 is 27.5 Å². The van der Waals surface area contributed by atoms with Crippen LogP contribution in [-0.4, -0.2) is 28.9 Å². The van der Waals surface area contributed by atoms with Crippen molar-refractivity contribution < 1.29 is 19.1 Å². The quantitative estimate of drug-likeness (QED) is 0.845. The minimum Gasteiger partial charge on any atom is -0.478 e. The Morgan fingerprint density at radius 2 is 2.22 bits per heavy atom. The van der Waals surface area contributed by atoms with Gasteiger partial charge in [0.05, 0.1) is 21.1 Å². The van der Waals surface area contributed by atoms with E-state index in [2.05, 4.69) is 15.9 Å². The number of rotatable bonds is 2. The van der Waals surface area contributed by atoms with E-state index in [4.69, 9.17) is 16.7 Å². The molecule has 1 amide bonds. The first-order valence-corrected chi connectivity index (χ1v) is 6.30. The van der Waals surface area contributed by atoms with Gasteiger partial charge in [0.2, 0.25) is 5.91 Å². The smallest absolute Gasteiger partial charge is 0.337 e. The monoisotopic (exact) mass is 335 g/mol. The van der Waals surface area contributed by atoms with Crippen molar-refractivity contribution in [2.24, 2.45) is 0 Å². The SMILES string of the molecule is O=C(O)c1cc(F)c(Br)cc1N1CC(Cl)CC1=O. The third kappa shape index (κ3) is 2.35. The van der Waals surface area contributed by atoms with Gasteiger partial charge in [0.15, 0.2) is 0 Å². The lowest BCUT2D eigenvalue weighted by Crippen LogP contribution is -2.26. The average Bonchev–Trinajstić information content (AvgIpc) is 2.61. The highest BCUT2D eigenvalue weighted by molar-refractivity contribution is 9.10. The number of carboxylic acid groups (broad SMARTS) is 1. The highest BCUT2D eigenvalue weighted by atomic mass is 79.9. The fraction of sp³-hybridized carbons (Fsp3) is 0.273. The van der Waals surface area contributed by atoms with Crippen LogP contribution in [0.2, 0.25) is 0 Å². The van der Waals surface area contributed by atoms with Crippen LogP contribution in [0.25, 0.3) is 0 Å². The van der Waals surface area contributed by atoms with Gasteiger partial charge in [-0.15, -0.1) is 11.6 Å². The molecule has 0 bridgehead atoms. The molecule has 0 saturated carbocycles. The summed E-state index contributed by atoms with van der Waals surface area (Å²) in [6.07, 6.45) is 0.148. The molecular weight excluding hydrogens is 328 g/mol. The summed E-state index contributed by atoms with van der Waals surface area (Å²) in [6, 6.07) is 2.17. The highest BCUT2D eigenvalue weighted by Crippen LogP contribution is 2.31. The second-order valence-corrected chi connectivity index (χ2v) is 5.37. The van der Waals surface area contributed by atoms with Crippen molar-refractivity contribution in [1.29, 1.82) is 0 Å². The Morgan fingerprint density at radius 3 is 2.72 bits per heavy atom. The molecule has 4 nitrogen and oxygen atoms in total. The standard InChI is InChI=1S/C11H8BrClFNO3/c12-7-3-9(6(11(17)18)2-8(7)14)15-4-5(13)1-10(15)16/h2-3,5H,1,4H2,(H,17,18). The lowest BCUT2D eigenvalue weighted by atomic mass is 10.1. The van der Waals surface area contributed by atoms with E-state index >= 15 is 0 Å². The van der Waals surface area contributed by atoms with Crippen molar-refractivity contribution >= 4 is 45.1 Å². The molecule has 0 radical (unpaired) electrons. The van der Waals surface area contributed by atoms with Gasteiger partial charge >= 0.3 is 5.97 Å². The molecule has 2 rings (SSSR count). The van der Waals surface area contributed by atoms with Gasteiger partial charge in [0.1, 0.15) is 5.82 Å². The number of benzene rings is 1. The molecule has 0 aromatic heterocycles. The van der Waals surface area contributed by atoms with E-state index in [1.165, 1.54) is 11.0 Å². The lowest BCUT2D eigenvalue weighted by Gasteiger charge is -2.18. The van der Waals surface area contributed by atoms with Gasteiger partial charge in [0.25, 0.3) is 0 Å². The van der Waals surface area contributed by atoms with Crippen LogP contribution < -0.4 is 4.90 Å². The number of carbonyl (C=O) groups is 2. The summed E-state index contributed by atoms with van der Waals surface area (Å²) in [7, 11) is 0. The van der Waals surface area contributed by atoms with Crippen molar-refractivity contribution in [3.63, 3.8) is 0 Å². The van der Waals surface area contributed by atoms with E-state index in [1.807, 2.05) is 0 Å². The van der Waals surface area contributed by atoms with Gasteiger partial charge in [-0.2, -0.15) is 0 Å². The van der Waals surface area contributed by atoms with Gasteiger partial charge in [0, 0.05) is 13.0 Å². The molecule has 1 aromatic rings. The zero-order valence-corrected chi connectivity index (χ0v) is 11.3. The Kier molecular flexibility index (Phi) is 3.59. The maximum absolute atomic E-state index is 13.3. The van der Waals surface area contributed by atoms with Gasteiger partial charge in [-0.25, -0.2) is 9.18 Å². The van der Waals surface area contributed by atoms with E-state index in [9.17, 15) is 14.0 Å². The molecule has 1 fully saturated rings. The number of alkyl halides is 1. The Bertz CT molecular complexity index is 537. The molecule has 1 aliphatic heterocycles. The number of aromatic carboxylic acids is 1. The zero-order valence-electron chi connectivity index (χ0n) is 8.99. The maximum Gasteiger partial charge on any atom is 0.337 e. The number of amides is 1. The highest BCUT2D eigenvalue weighted by Gasteiger charge is 2.32. The van der Waals surface area contributed by atoms with Crippen molar-refractivity contribution in [2.75, 3.05) is 11.4 Å². The molecule has 0 aliphatic carbocycles. The van der Waals surface area contributed by atoms with E-state index in [0.717, 1.165) is 6.07 Å². The van der Waals surface area contributed by atoms with Crippen LogP contribution in [0.3, 0.4) is 0 Å². The minimum absolute atomic E-state index is 0.105. The molecule has 96 valence electrons. The topological polar surface area (TPSA) is 57.6 Å². The summed E-state index contributed by atoms with van der Waals surface area (Å²) in [5.74, 6) is -2.25. The minimum atomic E-state index is -1.29. The van der Waals surface area contributed by atoms with Crippen LogP contribution in [0.5, 0.6) is 0 Å². The number of halogens is 3. The van der Waals surface area contributed by atoms with Crippen molar-refractivity contribution in [1.82, 2.24) is 0 Å². The van der Waals surface area contributed by atoms with E-state index < -0.39 is 11.8 Å². The molecule has 7 heteroatoms. The number of hydrogen-bond donors (Lipinski definition) is 1. The van der Waals surface area contributed by atoms with Gasteiger partial charge in [-0.1, -0.05) is 0 Å². The van der Waals surface area contributed by atoms with Crippen LogP contribution in [0.15, 0.2) is 16.6 Å². The molecule has 0 spiro atoms. The van der Waals surface area contributed by atoms with E-state index in [-0.39, 0.29) is 40.0 Å². The van der Waals surface area contributed by atoms with Crippen molar-refractivity contribution in [2.45, 2.75) is 11.8 Å². The number of carbonyl (C=O) groups excluding carboxylic acids is 1. The molecule has 18 heavy (non-hydrogen) atoms. The summed E-state index contributed by atoms with van der Waals surface area (Å²) in [6.45, 7) is 0.221. The zero-order chi connectivity index (χ0) is 13.4. The Hall–Kier alpha value is -1.14. The molecule has 1 saturated heterocycles. The van der Waals surface area contributed by atoms with Crippen molar-refractivity contribution in [3.05, 3.63) is 28.0 Å². The first kappa shape index (κ1) is 13.3. The van der Waals surface area contributed by atoms with Gasteiger partial charge < -0.3 is 10.0 Å². The number of carboxylic acids is 1. The molecule has 1 unspecified atom stereocenters. The van der Waals surface area contributed by atoms with E-state index in [1.54, 1.807) is 0 Å². The molecule has 1 aliphatic rings. The second kappa shape index (κ2) is 4.85. The third-order valence-electron chi connectivity index (χ3n) is 2.64. The normalized spacial score (nSPS) is 19.4. The van der Waals surface area contributed by atoms with Gasteiger partial charge in [-0.3, -0.25) is 4.79 Å². The van der Waals surface area contributed by atoms with Crippen LogP contribution in [0.4, 0.5) is 10.1 Å². The number of anilines is 1. The lowest BCUT2D eigenvalue weighted by molar-refractivity contribution is -0.117. The Morgan fingerprint density at radius 1 is 1.56 bits per heavy atom. The fourth-order valence-electron chi connectivity index (χ4n) is 1.83. The number of hydrogen-bond acceptors (Lipinski definition) is 2. The Labute approximate surface area is 115 Å². The van der Waals surface area contributed by atoms with Crippen LogP contribution in [0.1, 0.15) is 16.8 Å². The molecule has 1 heterocycles. The molecular formula is C11H8BrClFNO3. The van der Waals surface area contributed by atoms with E-state index in [0.29, 0.717) is 0 Å². The molecule has 1 atom stereocenters. The third-order valence-corrected chi connectivity index (χ3v) is 3.54. The average molecular weight is 337 g/mol. The van der Waals surface area contributed by atoms with Crippen molar-refractivity contribution in [3.8, 4) is 0 Å². The Balaban J connectivity index is 2.52. The van der Waals surface area contributed by atoms with Gasteiger partial charge in [-0.05, 0) is 28.1 Å². The first-order chi connectivity index (χ1) is 8.40. The summed E-state index contributed by atoms with van der Waals surface area (Å²) >= 11 is 8.83. The molecule has 1 aromatic carbocycles. The predicted octanol–water partition coefficient (Wildman–Crippen LogP) is 2.63. The predicted molar refractivity (Wildman–Crippen MR) is 67.7 cm³/mol. The van der Waals surface area contributed by atoms with Crippen LogP contribution in [-0.2, 0) is 4.79 Å². The molecule has 1 N–H and O–H groups in total. The summed E-state index contributed by atoms with van der Waals surface area (Å²) in [5.41, 5.74) is -0.0984. The summed E-state index contributed by atoms with van der Waals surface area (Å²) in [5, 5.41) is 8.68. The summed E-state index contributed by atoms with van der Waals surface area (Å²) in [4.78, 5) is 24.0. The fourth-order valence-corrected chi connectivity index (χ4v) is 2.43. The number of nitrogens with zero attached hydrogens (tertiary/aromatic N) is 1. The van der Waals surface area contributed by atoms with Crippen LogP contribution in [0, 0.1) is 5.82 Å².